The lowest BCUT2D eigenvalue weighted by Crippen LogP contribution is -2.62. The summed E-state index contributed by atoms with van der Waals surface area (Å²) in [6.07, 6.45) is 3.57. The Kier molecular flexibility index (Phi) is 9.87. The Hall–Kier alpha value is -4.31. The molecule has 2 heterocycles. The van der Waals surface area contributed by atoms with E-state index in [0.717, 1.165) is 53.0 Å². The van der Waals surface area contributed by atoms with Crippen molar-refractivity contribution in [3.8, 4) is 11.5 Å². The highest BCUT2D eigenvalue weighted by molar-refractivity contribution is 6.03. The minimum Gasteiger partial charge on any atom is -0.492 e. The van der Waals surface area contributed by atoms with Gasteiger partial charge in [-0.2, -0.15) is 4.39 Å². The number of aryl methyl sites for hydroxylation is 2. The number of amides is 2. The van der Waals surface area contributed by atoms with Crippen LogP contribution in [0.4, 0.5) is 13.2 Å². The van der Waals surface area contributed by atoms with Crippen molar-refractivity contribution >= 4 is 17.4 Å². The molecule has 1 saturated heterocycles. The number of ether oxygens (including phenoxy) is 2. The van der Waals surface area contributed by atoms with Crippen molar-refractivity contribution in [3.05, 3.63) is 100 Å². The maximum Gasteiger partial charge on any atom is 0.252 e. The van der Waals surface area contributed by atoms with Gasteiger partial charge in [-0.15, -0.1) is 0 Å². The zero-order valence-corrected chi connectivity index (χ0v) is 26.7. The third-order valence-electron chi connectivity index (χ3n) is 9.08. The summed E-state index contributed by atoms with van der Waals surface area (Å²) in [7, 11) is 0. The van der Waals surface area contributed by atoms with Crippen molar-refractivity contribution in [2.75, 3.05) is 32.8 Å². The van der Waals surface area contributed by atoms with E-state index in [4.69, 9.17) is 9.47 Å². The lowest BCUT2D eigenvalue weighted by atomic mass is 9.82. The molecule has 10 heteroatoms. The van der Waals surface area contributed by atoms with E-state index < -0.39 is 23.2 Å². The van der Waals surface area contributed by atoms with Crippen LogP contribution in [0.3, 0.4) is 0 Å². The molecule has 1 aliphatic carbocycles. The maximum atomic E-state index is 14.4. The van der Waals surface area contributed by atoms with E-state index in [9.17, 15) is 22.8 Å². The molecule has 3 aliphatic rings. The van der Waals surface area contributed by atoms with Gasteiger partial charge in [0.25, 0.3) is 5.91 Å². The van der Waals surface area contributed by atoms with Crippen LogP contribution in [0.1, 0.15) is 49.3 Å². The van der Waals surface area contributed by atoms with Gasteiger partial charge in [-0.05, 0) is 85.6 Å². The topological polar surface area (TPSA) is 71.1 Å². The monoisotopic (exact) mass is 647 g/mol. The molecule has 6 rings (SSSR count). The van der Waals surface area contributed by atoms with Gasteiger partial charge in [0.05, 0.1) is 19.2 Å². The zero-order valence-electron chi connectivity index (χ0n) is 26.7. The Morgan fingerprint density at radius 2 is 1.72 bits per heavy atom. The van der Waals surface area contributed by atoms with Gasteiger partial charge >= 0.3 is 0 Å². The average Bonchev–Trinajstić information content (AvgIpc) is 3.90. The van der Waals surface area contributed by atoms with Gasteiger partial charge in [0.2, 0.25) is 11.7 Å². The van der Waals surface area contributed by atoms with Crippen LogP contribution in [0.2, 0.25) is 0 Å². The second-order valence-corrected chi connectivity index (χ2v) is 12.7. The summed E-state index contributed by atoms with van der Waals surface area (Å²) in [6.45, 7) is 5.46. The van der Waals surface area contributed by atoms with Crippen molar-refractivity contribution in [2.45, 2.75) is 64.1 Å². The molecule has 3 aromatic carbocycles. The summed E-state index contributed by atoms with van der Waals surface area (Å²) in [4.78, 5) is 30.6. The summed E-state index contributed by atoms with van der Waals surface area (Å²) >= 11 is 0. The van der Waals surface area contributed by atoms with E-state index in [2.05, 4.69) is 5.32 Å². The van der Waals surface area contributed by atoms with Gasteiger partial charge in [0.1, 0.15) is 12.4 Å². The van der Waals surface area contributed by atoms with Crippen LogP contribution in [0, 0.1) is 24.4 Å². The number of piperazine rings is 1. The molecule has 0 aromatic heterocycles. The molecule has 2 atom stereocenters. The van der Waals surface area contributed by atoms with E-state index in [-0.39, 0.29) is 36.5 Å². The van der Waals surface area contributed by atoms with Gasteiger partial charge in [-0.3, -0.25) is 9.59 Å². The van der Waals surface area contributed by atoms with Crippen LogP contribution < -0.4 is 14.8 Å². The number of rotatable bonds is 12. The molecule has 0 spiro atoms. The third kappa shape index (κ3) is 7.64. The van der Waals surface area contributed by atoms with Crippen LogP contribution in [0.25, 0.3) is 5.57 Å². The lowest BCUT2D eigenvalue weighted by Gasteiger charge is -2.44. The SMILES string of the molecule is CC(=O)N1C[C@H]2CC(c3ccc(CCCOc4c(F)ccc(F)c4F)cc3)=C(C(=O)N(CCOc3cccc(C)c3)C3CC3)[C@@H](C1)N2. The second-order valence-electron chi connectivity index (χ2n) is 12.7. The van der Waals surface area contributed by atoms with E-state index in [1.807, 2.05) is 65.3 Å². The first-order chi connectivity index (χ1) is 22.7. The first-order valence-electron chi connectivity index (χ1n) is 16.3. The van der Waals surface area contributed by atoms with Gasteiger partial charge in [-0.1, -0.05) is 36.4 Å². The summed E-state index contributed by atoms with van der Waals surface area (Å²) < 4.78 is 52.5. The number of hydrogen-bond donors (Lipinski definition) is 1. The standard InChI is InChI=1S/C37H40F3N3O4/c1-23-5-3-7-29(19-23)46-18-16-43(28-12-13-28)37(45)34-30(20-27-21-42(24(2)44)22-33(34)41-27)26-10-8-25(9-11-26)6-4-17-47-36-32(39)15-14-31(38)35(36)40/h3,5,7-11,14-15,19,27-28,33,41H,4,6,12-13,16-18,20-22H2,1-2H3/t27-,33-/m1/s1. The Morgan fingerprint density at radius 3 is 2.45 bits per heavy atom. The number of benzene rings is 3. The van der Waals surface area contributed by atoms with Gasteiger partial charge in [0, 0.05) is 37.7 Å². The number of carbonyl (C=O) groups is 2. The smallest absolute Gasteiger partial charge is 0.252 e. The van der Waals surface area contributed by atoms with Crippen LogP contribution in [-0.2, 0) is 16.0 Å². The lowest BCUT2D eigenvalue weighted by molar-refractivity contribution is -0.132. The fourth-order valence-electron chi connectivity index (χ4n) is 6.55. The summed E-state index contributed by atoms with van der Waals surface area (Å²) in [5.74, 6) is -3.37. The van der Waals surface area contributed by atoms with Gasteiger partial charge < -0.3 is 24.6 Å². The highest BCUT2D eigenvalue weighted by Gasteiger charge is 2.42. The maximum absolute atomic E-state index is 14.4. The number of hydrogen-bond acceptors (Lipinski definition) is 5. The number of nitrogens with zero attached hydrogens (tertiary/aromatic N) is 2. The first kappa shape index (κ1) is 32.6. The molecule has 7 nitrogen and oxygen atoms in total. The number of nitrogens with one attached hydrogen (secondary N) is 1. The predicted octanol–water partition coefficient (Wildman–Crippen LogP) is 5.84. The summed E-state index contributed by atoms with van der Waals surface area (Å²) in [5.41, 5.74) is 4.75. The highest BCUT2D eigenvalue weighted by Crippen LogP contribution is 2.37. The average molecular weight is 648 g/mol. The molecule has 248 valence electrons. The van der Waals surface area contributed by atoms with E-state index >= 15 is 0 Å². The van der Waals surface area contributed by atoms with E-state index in [1.165, 1.54) is 0 Å². The quantitative estimate of drug-likeness (QED) is 0.198. The molecule has 2 fully saturated rings. The fraction of sp³-hybridized carbons (Fsp3) is 0.405. The molecule has 0 unspecified atom stereocenters. The summed E-state index contributed by atoms with van der Waals surface area (Å²) in [5, 5.41) is 3.62. The Bertz CT molecular complexity index is 1660. The highest BCUT2D eigenvalue weighted by atomic mass is 19.2. The summed E-state index contributed by atoms with van der Waals surface area (Å²) in [6, 6.07) is 17.3. The van der Waals surface area contributed by atoms with Crippen molar-refractivity contribution in [1.82, 2.24) is 15.1 Å². The van der Waals surface area contributed by atoms with Crippen molar-refractivity contribution < 1.29 is 32.2 Å². The molecular formula is C37H40F3N3O4. The van der Waals surface area contributed by atoms with Crippen LogP contribution in [-0.4, -0.2) is 72.6 Å². The van der Waals surface area contributed by atoms with Crippen molar-refractivity contribution in [1.29, 1.82) is 0 Å². The van der Waals surface area contributed by atoms with Crippen LogP contribution >= 0.6 is 0 Å². The largest absolute Gasteiger partial charge is 0.492 e. The van der Waals surface area contributed by atoms with E-state index in [1.54, 1.807) is 6.92 Å². The van der Waals surface area contributed by atoms with Gasteiger partial charge in [0.15, 0.2) is 17.4 Å². The molecular weight excluding hydrogens is 607 g/mol. The number of carbonyl (C=O) groups excluding carboxylic acids is 2. The molecule has 1 saturated carbocycles. The van der Waals surface area contributed by atoms with Crippen LogP contribution in [0.15, 0.2) is 66.2 Å². The minimum absolute atomic E-state index is 0.00133. The minimum atomic E-state index is -1.33. The molecule has 2 aliphatic heterocycles. The Labute approximate surface area is 273 Å². The molecule has 3 aromatic rings. The molecule has 1 N–H and O–H groups in total. The molecule has 2 bridgehead atoms. The zero-order chi connectivity index (χ0) is 33.1. The Balaban J connectivity index is 1.18. The first-order valence-corrected chi connectivity index (χ1v) is 16.3. The molecule has 47 heavy (non-hydrogen) atoms. The van der Waals surface area contributed by atoms with Crippen molar-refractivity contribution in [3.63, 3.8) is 0 Å². The fourth-order valence-corrected chi connectivity index (χ4v) is 6.55. The second kappa shape index (κ2) is 14.2. The predicted molar refractivity (Wildman–Crippen MR) is 172 cm³/mol. The normalized spacial score (nSPS) is 19.0. The van der Waals surface area contributed by atoms with Crippen LogP contribution in [0.5, 0.6) is 11.5 Å². The third-order valence-corrected chi connectivity index (χ3v) is 9.08. The van der Waals surface area contributed by atoms with Gasteiger partial charge in [-0.25, -0.2) is 8.78 Å². The van der Waals surface area contributed by atoms with E-state index in [0.29, 0.717) is 51.1 Å². The molecule has 2 amide bonds. The molecule has 0 radical (unpaired) electrons. The Morgan fingerprint density at radius 1 is 0.957 bits per heavy atom. The van der Waals surface area contributed by atoms with Crippen molar-refractivity contribution in [2.24, 2.45) is 0 Å². The number of fused-ring (bicyclic) bond motifs is 2. The number of halogens is 3.